The number of benzene rings is 2. The van der Waals surface area contributed by atoms with Gasteiger partial charge in [0.15, 0.2) is 9.84 Å². The zero-order chi connectivity index (χ0) is 15.6. The Bertz CT molecular complexity index is 780. The topological polar surface area (TPSA) is 71.4 Å². The largest absolute Gasteiger partial charge is 0.478 e. The molecule has 0 saturated heterocycles. The van der Waals surface area contributed by atoms with Crippen molar-refractivity contribution in [2.24, 2.45) is 0 Å². The zero-order valence-electron chi connectivity index (χ0n) is 10.6. The normalized spacial score (nSPS) is 11.3. The first kappa shape index (κ1) is 15.8. The number of aromatic carboxylic acids is 1. The van der Waals surface area contributed by atoms with Crippen LogP contribution in [-0.4, -0.2) is 19.5 Å². The van der Waals surface area contributed by atoms with Gasteiger partial charge in [-0.05, 0) is 24.3 Å². The van der Waals surface area contributed by atoms with Gasteiger partial charge in [0.2, 0.25) is 0 Å². The van der Waals surface area contributed by atoms with Crippen LogP contribution in [0.15, 0.2) is 47.4 Å². The number of hydrogen-bond donors (Lipinski definition) is 1. The second-order valence-electron chi connectivity index (χ2n) is 4.26. The summed E-state index contributed by atoms with van der Waals surface area (Å²) in [4.78, 5) is 10.9. The van der Waals surface area contributed by atoms with Gasteiger partial charge >= 0.3 is 5.97 Å². The summed E-state index contributed by atoms with van der Waals surface area (Å²) in [5, 5.41) is 9.53. The Hall–Kier alpha value is -1.56. The third kappa shape index (κ3) is 3.37. The molecule has 21 heavy (non-hydrogen) atoms. The average molecular weight is 345 g/mol. The molecule has 0 amide bonds. The van der Waals surface area contributed by atoms with E-state index in [0.717, 1.165) is 0 Å². The molecule has 0 aliphatic rings. The molecular formula is C14H10Cl2O4S. The van der Waals surface area contributed by atoms with Gasteiger partial charge in [-0.15, -0.1) is 0 Å². The van der Waals surface area contributed by atoms with Gasteiger partial charge < -0.3 is 5.11 Å². The van der Waals surface area contributed by atoms with Gasteiger partial charge in [0.1, 0.15) is 0 Å². The quantitative estimate of drug-likeness (QED) is 0.918. The minimum absolute atomic E-state index is 0.221. The number of carboxylic acids is 1. The summed E-state index contributed by atoms with van der Waals surface area (Å²) in [5.41, 5.74) is -0.0262. The Morgan fingerprint density at radius 1 is 1.00 bits per heavy atom. The fourth-order valence-electron chi connectivity index (χ4n) is 1.85. The van der Waals surface area contributed by atoms with Gasteiger partial charge in [-0.1, -0.05) is 41.4 Å². The lowest BCUT2D eigenvalue weighted by molar-refractivity contribution is 0.0692. The molecule has 2 aromatic carbocycles. The van der Waals surface area contributed by atoms with Crippen LogP contribution in [0.3, 0.4) is 0 Å². The first-order valence-electron chi connectivity index (χ1n) is 5.81. The van der Waals surface area contributed by atoms with Crippen molar-refractivity contribution in [2.75, 3.05) is 0 Å². The van der Waals surface area contributed by atoms with Crippen molar-refractivity contribution >= 4 is 39.0 Å². The molecule has 7 heteroatoms. The zero-order valence-corrected chi connectivity index (χ0v) is 12.9. The minimum Gasteiger partial charge on any atom is -0.478 e. The molecule has 0 atom stereocenters. The fourth-order valence-corrected chi connectivity index (χ4v) is 4.16. The molecule has 110 valence electrons. The van der Waals surface area contributed by atoms with Gasteiger partial charge in [0.25, 0.3) is 0 Å². The summed E-state index contributed by atoms with van der Waals surface area (Å²) >= 11 is 11.9. The molecule has 0 spiro atoms. The number of halogens is 2. The van der Waals surface area contributed by atoms with Crippen LogP contribution in [0.5, 0.6) is 0 Å². The highest BCUT2D eigenvalue weighted by molar-refractivity contribution is 7.90. The van der Waals surface area contributed by atoms with Crippen LogP contribution >= 0.6 is 23.2 Å². The van der Waals surface area contributed by atoms with Crippen LogP contribution in [0.4, 0.5) is 0 Å². The maximum Gasteiger partial charge on any atom is 0.337 e. The summed E-state index contributed by atoms with van der Waals surface area (Å²) in [6.45, 7) is 0. The first-order valence-corrected chi connectivity index (χ1v) is 8.21. The average Bonchev–Trinajstić information content (AvgIpc) is 2.43. The molecule has 0 radical (unpaired) electrons. The van der Waals surface area contributed by atoms with E-state index in [1.54, 1.807) is 6.07 Å². The molecule has 2 aromatic rings. The molecule has 0 saturated carbocycles. The summed E-state index contributed by atoms with van der Waals surface area (Å²) in [7, 11) is -3.88. The molecule has 0 unspecified atom stereocenters. The van der Waals surface area contributed by atoms with Crippen LogP contribution in [0, 0.1) is 0 Å². The Morgan fingerprint density at radius 2 is 1.57 bits per heavy atom. The van der Waals surface area contributed by atoms with Crippen molar-refractivity contribution in [3.05, 3.63) is 63.6 Å². The van der Waals surface area contributed by atoms with Gasteiger partial charge in [-0.3, -0.25) is 0 Å². The van der Waals surface area contributed by atoms with Crippen molar-refractivity contribution < 1.29 is 18.3 Å². The van der Waals surface area contributed by atoms with Crippen LogP contribution in [-0.2, 0) is 15.6 Å². The Balaban J connectivity index is 2.52. The molecule has 2 rings (SSSR count). The lowest BCUT2D eigenvalue weighted by atomic mass is 10.2. The molecule has 0 bridgehead atoms. The van der Waals surface area contributed by atoms with Crippen molar-refractivity contribution in [3.63, 3.8) is 0 Å². The van der Waals surface area contributed by atoms with Crippen LogP contribution in [0.25, 0.3) is 0 Å². The molecule has 4 nitrogen and oxygen atoms in total. The monoisotopic (exact) mass is 344 g/mol. The van der Waals surface area contributed by atoms with Gasteiger partial charge in [-0.2, -0.15) is 0 Å². The maximum atomic E-state index is 12.5. The third-order valence-electron chi connectivity index (χ3n) is 2.85. The van der Waals surface area contributed by atoms with Crippen LogP contribution in [0.2, 0.25) is 10.0 Å². The van der Waals surface area contributed by atoms with Crippen molar-refractivity contribution in [1.82, 2.24) is 0 Å². The second kappa shape index (κ2) is 6.05. The summed E-state index contributed by atoms with van der Waals surface area (Å²) in [5.74, 6) is -1.77. The molecular weight excluding hydrogens is 335 g/mol. The smallest absolute Gasteiger partial charge is 0.337 e. The van der Waals surface area contributed by atoms with Gasteiger partial charge in [-0.25, -0.2) is 13.2 Å². The number of hydrogen-bond acceptors (Lipinski definition) is 3. The number of rotatable bonds is 4. The molecule has 0 heterocycles. The lowest BCUT2D eigenvalue weighted by Gasteiger charge is -2.10. The van der Waals surface area contributed by atoms with E-state index < -0.39 is 21.6 Å². The predicted octanol–water partition coefficient (Wildman–Crippen LogP) is 3.67. The number of carbonyl (C=O) groups is 1. The maximum absolute atomic E-state index is 12.5. The number of carboxylic acid groups (broad SMARTS) is 1. The van der Waals surface area contributed by atoms with Crippen molar-refractivity contribution in [1.29, 1.82) is 0 Å². The molecule has 0 aliphatic carbocycles. The van der Waals surface area contributed by atoms with E-state index in [9.17, 15) is 13.2 Å². The third-order valence-corrected chi connectivity index (χ3v) is 5.25. The van der Waals surface area contributed by atoms with E-state index in [2.05, 4.69) is 0 Å². The van der Waals surface area contributed by atoms with Crippen molar-refractivity contribution in [2.45, 2.75) is 10.6 Å². The van der Waals surface area contributed by atoms with E-state index in [1.807, 2.05) is 0 Å². The predicted molar refractivity (Wildman–Crippen MR) is 80.8 cm³/mol. The summed E-state index contributed by atoms with van der Waals surface area (Å²) in [6, 6.07) is 10.1. The van der Waals surface area contributed by atoms with Crippen LogP contribution in [0.1, 0.15) is 15.9 Å². The first-order chi connectivity index (χ1) is 9.83. The standard InChI is InChI=1S/C14H10Cl2O4S/c15-11-5-3-6-12(16)10(11)8-21(19,20)13-7-2-1-4-9(13)14(17)18/h1-7H,8H2,(H,17,18). The molecule has 1 N–H and O–H groups in total. The Kier molecular flexibility index (Phi) is 4.56. The molecule has 0 fully saturated rings. The highest BCUT2D eigenvalue weighted by atomic mass is 35.5. The Morgan fingerprint density at radius 3 is 2.14 bits per heavy atom. The minimum atomic E-state index is -3.88. The highest BCUT2D eigenvalue weighted by Gasteiger charge is 2.24. The van der Waals surface area contributed by atoms with E-state index in [4.69, 9.17) is 28.3 Å². The highest BCUT2D eigenvalue weighted by Crippen LogP contribution is 2.29. The van der Waals surface area contributed by atoms with Gasteiger partial charge in [0.05, 0.1) is 16.2 Å². The second-order valence-corrected chi connectivity index (χ2v) is 7.03. The number of sulfone groups is 1. The van der Waals surface area contributed by atoms with E-state index in [-0.39, 0.29) is 26.1 Å². The van der Waals surface area contributed by atoms with E-state index >= 15 is 0 Å². The van der Waals surface area contributed by atoms with Crippen molar-refractivity contribution in [3.8, 4) is 0 Å². The SMILES string of the molecule is O=C(O)c1ccccc1S(=O)(=O)Cc1c(Cl)cccc1Cl. The van der Waals surface area contributed by atoms with E-state index in [0.29, 0.717) is 0 Å². The Labute approximate surface area is 131 Å². The van der Waals surface area contributed by atoms with Gasteiger partial charge in [0, 0.05) is 15.6 Å². The summed E-state index contributed by atoms with van der Waals surface area (Å²) in [6.07, 6.45) is 0. The fraction of sp³-hybridized carbons (Fsp3) is 0.0714. The molecule has 0 aliphatic heterocycles. The van der Waals surface area contributed by atoms with E-state index in [1.165, 1.54) is 36.4 Å². The van der Waals surface area contributed by atoms with Crippen LogP contribution < -0.4 is 0 Å². The lowest BCUT2D eigenvalue weighted by Crippen LogP contribution is -2.11. The summed E-state index contributed by atoms with van der Waals surface area (Å²) < 4.78 is 24.9. The molecule has 0 aromatic heterocycles.